The molecular formula is C17H16F4N2O4S. The topological polar surface area (TPSA) is 79.6 Å². The molecule has 28 heavy (non-hydrogen) atoms. The fraction of sp³-hybridized carbons (Fsp3) is 0.353. The van der Waals surface area contributed by atoms with Gasteiger partial charge in [0, 0.05) is 19.6 Å². The van der Waals surface area contributed by atoms with Crippen molar-refractivity contribution in [1.29, 1.82) is 0 Å². The van der Waals surface area contributed by atoms with Gasteiger partial charge in [0.1, 0.15) is 5.82 Å². The van der Waals surface area contributed by atoms with Crippen molar-refractivity contribution in [2.24, 2.45) is 0 Å². The molecule has 0 radical (unpaired) electrons. The van der Waals surface area contributed by atoms with Gasteiger partial charge in [0.25, 0.3) is 15.9 Å². The molecule has 1 amide bonds. The molecule has 2 heterocycles. The number of sulfonamides is 1. The van der Waals surface area contributed by atoms with Crippen molar-refractivity contribution >= 4 is 15.9 Å². The third-order valence-electron chi connectivity index (χ3n) is 4.28. The first kappa shape index (κ1) is 20.3. The third-order valence-corrected chi connectivity index (χ3v) is 6.05. The number of hydrogen-bond acceptors (Lipinski definition) is 4. The molecule has 1 aliphatic heterocycles. The summed E-state index contributed by atoms with van der Waals surface area (Å²) in [5.74, 6) is -2.29. The zero-order chi connectivity index (χ0) is 20.5. The van der Waals surface area contributed by atoms with E-state index in [-0.39, 0.29) is 11.3 Å². The predicted octanol–water partition coefficient (Wildman–Crippen LogP) is 3.15. The maximum absolute atomic E-state index is 13.1. The van der Waals surface area contributed by atoms with Crippen LogP contribution >= 0.6 is 0 Å². The molecule has 0 spiro atoms. The van der Waals surface area contributed by atoms with Gasteiger partial charge in [-0.25, -0.2) is 12.8 Å². The molecule has 11 heteroatoms. The second-order valence-corrected chi connectivity index (χ2v) is 8.08. The monoisotopic (exact) mass is 420 g/mol. The molecule has 3 rings (SSSR count). The quantitative estimate of drug-likeness (QED) is 0.754. The molecule has 0 aliphatic carbocycles. The summed E-state index contributed by atoms with van der Waals surface area (Å²) in [5.41, 5.74) is -1.54. The summed E-state index contributed by atoms with van der Waals surface area (Å²) in [6.45, 7) is 0.174. The highest BCUT2D eigenvalue weighted by atomic mass is 32.2. The van der Waals surface area contributed by atoms with E-state index in [0.717, 1.165) is 37.1 Å². The van der Waals surface area contributed by atoms with Gasteiger partial charge in [-0.3, -0.25) is 4.79 Å². The molecule has 1 aromatic carbocycles. The largest absolute Gasteiger partial charge is 0.438 e. The molecule has 0 bridgehead atoms. The Kier molecular flexibility index (Phi) is 5.48. The highest BCUT2D eigenvalue weighted by Crippen LogP contribution is 2.32. The number of nitrogens with one attached hydrogen (secondary N) is 1. The van der Waals surface area contributed by atoms with Crippen LogP contribution in [-0.2, 0) is 22.7 Å². The lowest BCUT2D eigenvalue weighted by Crippen LogP contribution is -2.27. The first-order valence-corrected chi connectivity index (χ1v) is 9.77. The van der Waals surface area contributed by atoms with E-state index in [1.165, 1.54) is 4.31 Å². The first-order chi connectivity index (χ1) is 13.1. The van der Waals surface area contributed by atoms with Crippen molar-refractivity contribution in [2.75, 3.05) is 13.1 Å². The van der Waals surface area contributed by atoms with Gasteiger partial charge >= 0.3 is 6.18 Å². The maximum Gasteiger partial charge on any atom is 0.416 e. The Bertz CT molecular complexity index is 979. The van der Waals surface area contributed by atoms with Crippen LogP contribution in [0.1, 0.15) is 34.5 Å². The van der Waals surface area contributed by atoms with Crippen LogP contribution in [0.4, 0.5) is 17.6 Å². The number of rotatable bonds is 5. The van der Waals surface area contributed by atoms with Crippen LogP contribution in [0.15, 0.2) is 39.8 Å². The van der Waals surface area contributed by atoms with Crippen molar-refractivity contribution in [3.63, 3.8) is 0 Å². The van der Waals surface area contributed by atoms with Crippen molar-refractivity contribution < 1.29 is 35.2 Å². The van der Waals surface area contributed by atoms with Crippen LogP contribution in [0, 0.1) is 5.82 Å². The predicted molar refractivity (Wildman–Crippen MR) is 89.3 cm³/mol. The minimum absolute atomic E-state index is 0.335. The molecule has 2 aromatic rings. The lowest BCUT2D eigenvalue weighted by atomic mass is 10.1. The second kappa shape index (κ2) is 7.55. The molecule has 0 atom stereocenters. The molecular weight excluding hydrogens is 404 g/mol. The van der Waals surface area contributed by atoms with E-state index in [1.807, 2.05) is 0 Å². The van der Waals surface area contributed by atoms with Crippen LogP contribution in [0.5, 0.6) is 0 Å². The van der Waals surface area contributed by atoms with Gasteiger partial charge in [0.2, 0.25) is 5.09 Å². The van der Waals surface area contributed by atoms with E-state index in [2.05, 4.69) is 5.32 Å². The Morgan fingerprint density at radius 1 is 1.14 bits per heavy atom. The zero-order valence-electron chi connectivity index (χ0n) is 14.4. The van der Waals surface area contributed by atoms with Crippen molar-refractivity contribution in [2.45, 2.75) is 30.7 Å². The van der Waals surface area contributed by atoms with Gasteiger partial charge in [0.05, 0.1) is 5.56 Å². The Morgan fingerprint density at radius 3 is 2.46 bits per heavy atom. The van der Waals surface area contributed by atoms with Crippen LogP contribution in [0.25, 0.3) is 0 Å². The molecule has 6 nitrogen and oxygen atoms in total. The van der Waals surface area contributed by atoms with E-state index < -0.39 is 45.1 Å². The molecule has 1 aromatic heterocycles. The number of carbonyl (C=O) groups excluding carboxylic acids is 1. The van der Waals surface area contributed by atoms with E-state index in [1.54, 1.807) is 0 Å². The molecule has 0 unspecified atom stereocenters. The molecule has 0 saturated carbocycles. The standard InChI is InChI=1S/C17H16F4N2O4S/c18-12-4-3-11(13(9-12)17(19,20)21)10-22-16(24)14-5-6-15(27-14)28(25,26)23-7-1-2-8-23/h3-6,9H,1-2,7-8,10H2,(H,22,24). The Balaban J connectivity index is 1.73. The van der Waals surface area contributed by atoms with Gasteiger partial charge < -0.3 is 9.73 Å². The molecule has 1 saturated heterocycles. The summed E-state index contributed by atoms with van der Waals surface area (Å²) in [6.07, 6.45) is -3.33. The number of nitrogens with zero attached hydrogens (tertiary/aromatic N) is 1. The molecule has 152 valence electrons. The van der Waals surface area contributed by atoms with Crippen LogP contribution in [0.2, 0.25) is 0 Å². The second-order valence-electron chi connectivity index (χ2n) is 6.21. The Hall–Kier alpha value is -2.40. The number of carbonyl (C=O) groups is 1. The molecule has 1 N–H and O–H groups in total. The van der Waals surface area contributed by atoms with Crippen LogP contribution in [0.3, 0.4) is 0 Å². The summed E-state index contributed by atoms with van der Waals surface area (Å²) < 4.78 is 83.2. The fourth-order valence-corrected chi connectivity index (χ4v) is 4.29. The van der Waals surface area contributed by atoms with Crippen LogP contribution < -0.4 is 5.32 Å². The number of amides is 1. The summed E-state index contributed by atoms with van der Waals surface area (Å²) >= 11 is 0. The van der Waals surface area contributed by atoms with Gasteiger partial charge in [-0.15, -0.1) is 0 Å². The maximum atomic E-state index is 13.1. The molecule has 1 aliphatic rings. The van der Waals surface area contributed by atoms with E-state index in [0.29, 0.717) is 19.2 Å². The number of benzene rings is 1. The van der Waals surface area contributed by atoms with Gasteiger partial charge in [-0.05, 0) is 42.7 Å². The first-order valence-electron chi connectivity index (χ1n) is 8.33. The highest BCUT2D eigenvalue weighted by Gasteiger charge is 2.34. The molecule has 1 fully saturated rings. The van der Waals surface area contributed by atoms with Crippen molar-refractivity contribution in [3.05, 3.63) is 53.0 Å². The van der Waals surface area contributed by atoms with Gasteiger partial charge in [-0.2, -0.15) is 17.5 Å². The minimum Gasteiger partial charge on any atom is -0.438 e. The minimum atomic E-state index is -4.79. The Morgan fingerprint density at radius 2 is 1.82 bits per heavy atom. The number of hydrogen-bond donors (Lipinski definition) is 1. The number of alkyl halides is 3. The highest BCUT2D eigenvalue weighted by molar-refractivity contribution is 7.89. The Labute approximate surface area is 158 Å². The number of furan rings is 1. The van der Waals surface area contributed by atoms with Gasteiger partial charge in [-0.1, -0.05) is 6.07 Å². The van der Waals surface area contributed by atoms with E-state index in [9.17, 15) is 30.8 Å². The SMILES string of the molecule is O=C(NCc1ccc(F)cc1C(F)(F)F)c1ccc(S(=O)(=O)N2CCCC2)o1. The third kappa shape index (κ3) is 4.20. The van der Waals surface area contributed by atoms with Crippen molar-refractivity contribution in [1.82, 2.24) is 9.62 Å². The van der Waals surface area contributed by atoms with E-state index in [4.69, 9.17) is 4.42 Å². The summed E-state index contributed by atoms with van der Waals surface area (Å²) in [4.78, 5) is 12.1. The lowest BCUT2D eigenvalue weighted by molar-refractivity contribution is -0.138. The summed E-state index contributed by atoms with van der Waals surface area (Å²) in [6, 6.07) is 4.37. The van der Waals surface area contributed by atoms with E-state index >= 15 is 0 Å². The number of halogens is 4. The lowest BCUT2D eigenvalue weighted by Gasteiger charge is -2.13. The fourth-order valence-electron chi connectivity index (χ4n) is 2.87. The van der Waals surface area contributed by atoms with Gasteiger partial charge in [0.15, 0.2) is 5.76 Å². The zero-order valence-corrected chi connectivity index (χ0v) is 15.2. The summed E-state index contributed by atoms with van der Waals surface area (Å²) in [5, 5.41) is 1.81. The smallest absolute Gasteiger partial charge is 0.416 e. The van der Waals surface area contributed by atoms with Crippen LogP contribution in [-0.4, -0.2) is 31.7 Å². The average molecular weight is 420 g/mol. The summed E-state index contributed by atoms with van der Waals surface area (Å²) in [7, 11) is -3.85. The normalized spacial score (nSPS) is 15.7. The average Bonchev–Trinajstić information content (AvgIpc) is 3.31. The van der Waals surface area contributed by atoms with Crippen molar-refractivity contribution in [3.8, 4) is 0 Å².